The lowest BCUT2D eigenvalue weighted by Gasteiger charge is -2.05. The van der Waals surface area contributed by atoms with Gasteiger partial charge in [0.2, 0.25) is 0 Å². The molecule has 0 radical (unpaired) electrons. The van der Waals surface area contributed by atoms with Gasteiger partial charge in [-0.05, 0) is 17.7 Å². The molecule has 0 aliphatic heterocycles. The Morgan fingerprint density at radius 2 is 2.12 bits per heavy atom. The van der Waals surface area contributed by atoms with Crippen molar-refractivity contribution in [3.05, 3.63) is 29.8 Å². The van der Waals surface area contributed by atoms with Crippen LogP contribution in [0.1, 0.15) is 5.56 Å². The molecule has 0 aliphatic carbocycles. The van der Waals surface area contributed by atoms with Gasteiger partial charge >= 0.3 is 5.97 Å². The second-order valence-corrected chi connectivity index (χ2v) is 3.36. The summed E-state index contributed by atoms with van der Waals surface area (Å²) in [7, 11) is 3.04. The summed E-state index contributed by atoms with van der Waals surface area (Å²) in [4.78, 5) is 22.3. The summed E-state index contributed by atoms with van der Waals surface area (Å²) in [5.74, 6) is -0.0903. The number of nitrogens with one attached hydrogen (secondary N) is 1. The van der Waals surface area contributed by atoms with Crippen LogP contribution in [-0.4, -0.2) is 32.6 Å². The lowest BCUT2D eigenvalue weighted by atomic mass is 10.1. The van der Waals surface area contributed by atoms with Crippen molar-refractivity contribution in [2.75, 3.05) is 20.8 Å². The van der Waals surface area contributed by atoms with Crippen LogP contribution in [0.25, 0.3) is 0 Å². The molecule has 0 spiro atoms. The molecule has 0 atom stereocenters. The van der Waals surface area contributed by atoms with Crippen molar-refractivity contribution >= 4 is 11.9 Å². The summed E-state index contributed by atoms with van der Waals surface area (Å²) in [5, 5.41) is 2.37. The summed E-state index contributed by atoms with van der Waals surface area (Å²) in [6, 6.07) is 7.13. The lowest BCUT2D eigenvalue weighted by Crippen LogP contribution is -2.25. The Labute approximate surface area is 99.7 Å². The minimum atomic E-state index is -0.443. The molecule has 92 valence electrons. The minimum absolute atomic E-state index is 0.119. The maximum atomic E-state index is 11.4. The highest BCUT2D eigenvalue weighted by Crippen LogP contribution is 2.13. The molecular weight excluding hydrogens is 222 g/mol. The number of likely N-dealkylation sites (N-methyl/N-ethyl adjacent to an activating group) is 1. The summed E-state index contributed by atoms with van der Waals surface area (Å²) in [6.07, 6.45) is 0.119. The number of hydrogen-bond donors (Lipinski definition) is 1. The molecule has 17 heavy (non-hydrogen) atoms. The van der Waals surface area contributed by atoms with E-state index in [4.69, 9.17) is 9.47 Å². The van der Waals surface area contributed by atoms with E-state index >= 15 is 0 Å². The van der Waals surface area contributed by atoms with E-state index in [0.29, 0.717) is 5.75 Å². The van der Waals surface area contributed by atoms with Gasteiger partial charge in [-0.3, -0.25) is 9.59 Å². The average molecular weight is 237 g/mol. The highest BCUT2D eigenvalue weighted by atomic mass is 16.5. The number of methoxy groups -OCH3 is 1. The molecule has 5 heteroatoms. The van der Waals surface area contributed by atoms with Gasteiger partial charge in [-0.1, -0.05) is 12.1 Å². The molecule has 0 aliphatic rings. The Bertz CT molecular complexity index is 403. The van der Waals surface area contributed by atoms with Crippen LogP contribution in [0, 0.1) is 0 Å². The molecule has 1 aromatic carbocycles. The number of amides is 1. The zero-order chi connectivity index (χ0) is 12.7. The second kappa shape index (κ2) is 6.52. The van der Waals surface area contributed by atoms with E-state index < -0.39 is 5.97 Å². The van der Waals surface area contributed by atoms with Crippen molar-refractivity contribution in [3.63, 3.8) is 0 Å². The maximum Gasteiger partial charge on any atom is 0.310 e. The molecule has 0 bridgehead atoms. The number of benzene rings is 1. The molecule has 0 unspecified atom stereocenters. The van der Waals surface area contributed by atoms with Crippen LogP contribution >= 0.6 is 0 Å². The Morgan fingerprint density at radius 1 is 1.35 bits per heavy atom. The highest BCUT2D eigenvalue weighted by molar-refractivity contribution is 5.80. The van der Waals surface area contributed by atoms with Crippen molar-refractivity contribution in [3.8, 4) is 5.75 Å². The van der Waals surface area contributed by atoms with E-state index in [0.717, 1.165) is 5.56 Å². The standard InChI is InChI=1S/C12H15NO4/c1-13-11(14)8-17-12(15)7-9-4-3-5-10(6-9)16-2/h3-6H,7-8H2,1-2H3,(H,13,14). The molecule has 5 nitrogen and oxygen atoms in total. The Morgan fingerprint density at radius 3 is 2.76 bits per heavy atom. The Balaban J connectivity index is 2.47. The maximum absolute atomic E-state index is 11.4. The van der Waals surface area contributed by atoms with E-state index in [-0.39, 0.29) is 18.9 Å². The fourth-order valence-corrected chi connectivity index (χ4v) is 1.22. The summed E-state index contributed by atoms with van der Waals surface area (Å²) >= 11 is 0. The van der Waals surface area contributed by atoms with Crippen molar-refractivity contribution in [2.45, 2.75) is 6.42 Å². The highest BCUT2D eigenvalue weighted by Gasteiger charge is 2.07. The SMILES string of the molecule is CNC(=O)COC(=O)Cc1cccc(OC)c1. The van der Waals surface area contributed by atoms with Crippen molar-refractivity contribution in [2.24, 2.45) is 0 Å². The normalized spacial score (nSPS) is 9.53. The van der Waals surface area contributed by atoms with E-state index in [2.05, 4.69) is 5.32 Å². The zero-order valence-electron chi connectivity index (χ0n) is 9.86. The van der Waals surface area contributed by atoms with Gasteiger partial charge in [-0.2, -0.15) is 0 Å². The molecule has 1 N–H and O–H groups in total. The summed E-state index contributed by atoms with van der Waals surface area (Å²) < 4.78 is 9.82. The number of hydrogen-bond acceptors (Lipinski definition) is 4. The first-order valence-electron chi connectivity index (χ1n) is 5.15. The molecule has 0 heterocycles. The first-order valence-corrected chi connectivity index (χ1v) is 5.15. The predicted octanol–water partition coefficient (Wildman–Crippen LogP) is 0.527. The molecule has 1 amide bonds. The van der Waals surface area contributed by atoms with Crippen LogP contribution in [0.2, 0.25) is 0 Å². The molecule has 1 rings (SSSR count). The van der Waals surface area contributed by atoms with Gasteiger partial charge in [0.15, 0.2) is 6.61 Å². The topological polar surface area (TPSA) is 64.6 Å². The smallest absolute Gasteiger partial charge is 0.310 e. The van der Waals surface area contributed by atoms with Crippen LogP contribution in [0.3, 0.4) is 0 Å². The number of ether oxygens (including phenoxy) is 2. The largest absolute Gasteiger partial charge is 0.497 e. The van der Waals surface area contributed by atoms with E-state index in [1.807, 2.05) is 0 Å². The predicted molar refractivity (Wildman–Crippen MR) is 61.7 cm³/mol. The van der Waals surface area contributed by atoms with E-state index in [1.165, 1.54) is 7.05 Å². The van der Waals surface area contributed by atoms with Gasteiger partial charge in [-0.15, -0.1) is 0 Å². The van der Waals surface area contributed by atoms with Gasteiger partial charge in [0.05, 0.1) is 13.5 Å². The second-order valence-electron chi connectivity index (χ2n) is 3.36. The molecule has 0 fully saturated rings. The van der Waals surface area contributed by atoms with Gasteiger partial charge in [0.25, 0.3) is 5.91 Å². The molecule has 0 saturated carbocycles. The van der Waals surface area contributed by atoms with Crippen LogP contribution in [-0.2, 0) is 20.7 Å². The van der Waals surface area contributed by atoms with E-state index in [1.54, 1.807) is 31.4 Å². The fraction of sp³-hybridized carbons (Fsp3) is 0.333. The monoisotopic (exact) mass is 237 g/mol. The number of carbonyl (C=O) groups is 2. The third-order valence-corrected chi connectivity index (χ3v) is 2.13. The van der Waals surface area contributed by atoms with E-state index in [9.17, 15) is 9.59 Å². The minimum Gasteiger partial charge on any atom is -0.497 e. The van der Waals surface area contributed by atoms with Gasteiger partial charge in [-0.25, -0.2) is 0 Å². The van der Waals surface area contributed by atoms with Gasteiger partial charge in [0.1, 0.15) is 5.75 Å². The fourth-order valence-electron chi connectivity index (χ4n) is 1.22. The van der Waals surface area contributed by atoms with Crippen LogP contribution in [0.4, 0.5) is 0 Å². The lowest BCUT2D eigenvalue weighted by molar-refractivity contribution is -0.147. The Hall–Kier alpha value is -2.04. The third-order valence-electron chi connectivity index (χ3n) is 2.13. The van der Waals surface area contributed by atoms with Gasteiger partial charge in [0, 0.05) is 7.05 Å². The van der Waals surface area contributed by atoms with Crippen molar-refractivity contribution in [1.29, 1.82) is 0 Å². The first kappa shape index (κ1) is 13.0. The molecule has 0 aromatic heterocycles. The van der Waals surface area contributed by atoms with Gasteiger partial charge < -0.3 is 14.8 Å². The zero-order valence-corrected chi connectivity index (χ0v) is 9.86. The molecular formula is C12H15NO4. The first-order chi connectivity index (χ1) is 8.15. The van der Waals surface area contributed by atoms with Crippen LogP contribution < -0.4 is 10.1 Å². The van der Waals surface area contributed by atoms with Crippen LogP contribution in [0.15, 0.2) is 24.3 Å². The average Bonchev–Trinajstić information content (AvgIpc) is 2.36. The number of carbonyl (C=O) groups excluding carboxylic acids is 2. The number of esters is 1. The third kappa shape index (κ3) is 4.55. The van der Waals surface area contributed by atoms with Crippen molar-refractivity contribution < 1.29 is 19.1 Å². The Kier molecular flexibility index (Phi) is 5.00. The number of rotatable bonds is 5. The molecule has 1 aromatic rings. The van der Waals surface area contributed by atoms with Crippen LogP contribution in [0.5, 0.6) is 5.75 Å². The quantitative estimate of drug-likeness (QED) is 0.758. The summed E-state index contributed by atoms with van der Waals surface area (Å²) in [5.41, 5.74) is 0.784. The summed E-state index contributed by atoms with van der Waals surface area (Å²) in [6.45, 7) is -0.251. The molecule has 0 saturated heterocycles. The van der Waals surface area contributed by atoms with Crippen molar-refractivity contribution in [1.82, 2.24) is 5.32 Å².